The SMILES string of the molecule is CC[Si](CC)(CC)[Si](OC(=O)C(C)C(O)c1ccccc1)([Si](CC)(CC)CC)[Si](CC)(CC)CC. The van der Waals surface area contributed by atoms with E-state index in [9.17, 15) is 9.90 Å². The highest BCUT2D eigenvalue weighted by Crippen LogP contribution is 2.51. The summed E-state index contributed by atoms with van der Waals surface area (Å²) in [7, 11) is -5.64. The minimum atomic E-state index is -2.45. The number of carbonyl (C=O) groups excluding carboxylic acids is 1. The fourth-order valence-corrected chi connectivity index (χ4v) is 107. The lowest BCUT2D eigenvalue weighted by atomic mass is 9.98. The third-order valence-electron chi connectivity index (χ3n) is 10.6. The van der Waals surface area contributed by atoms with Gasteiger partial charge in [-0.3, -0.25) is 4.79 Å². The third kappa shape index (κ3) is 5.40. The molecule has 1 rings (SSSR count). The van der Waals surface area contributed by atoms with Crippen LogP contribution in [0.4, 0.5) is 0 Å². The number of hydrogen-bond donors (Lipinski definition) is 1. The van der Waals surface area contributed by atoms with Gasteiger partial charge in [0.25, 0.3) is 5.97 Å². The van der Waals surface area contributed by atoms with Crippen LogP contribution in [0, 0.1) is 5.92 Å². The second-order valence-corrected chi connectivity index (χ2v) is 46.8. The number of rotatable bonds is 16. The van der Waals surface area contributed by atoms with Crippen LogP contribution in [0.5, 0.6) is 0 Å². The summed E-state index contributed by atoms with van der Waals surface area (Å²) in [5.74, 6) is -0.643. The van der Waals surface area contributed by atoms with Crippen molar-refractivity contribution in [1.82, 2.24) is 0 Å². The van der Waals surface area contributed by atoms with E-state index < -0.39 is 41.7 Å². The second kappa shape index (κ2) is 13.9. The maximum absolute atomic E-state index is 14.3. The number of benzene rings is 1. The highest BCUT2D eigenvalue weighted by atomic mass is 29.9. The summed E-state index contributed by atoms with van der Waals surface area (Å²) in [5.41, 5.74) is 0.809. The normalized spacial score (nSPS) is 15.1. The Kier molecular flexibility index (Phi) is 12.9. The first kappa shape index (κ1) is 32.5. The predicted molar refractivity (Wildman–Crippen MR) is 164 cm³/mol. The van der Waals surface area contributed by atoms with Gasteiger partial charge in [0, 0.05) is 0 Å². The molecule has 2 atom stereocenters. The van der Waals surface area contributed by atoms with Crippen molar-refractivity contribution in [2.45, 2.75) is 130 Å². The highest BCUT2D eigenvalue weighted by molar-refractivity contribution is 7.88. The first-order valence-electron chi connectivity index (χ1n) is 14.6. The first-order valence-corrected chi connectivity index (χ1v) is 27.3. The van der Waals surface area contributed by atoms with Crippen LogP contribution < -0.4 is 0 Å². The lowest BCUT2D eigenvalue weighted by molar-refractivity contribution is -0.142. The topological polar surface area (TPSA) is 46.5 Å². The van der Waals surface area contributed by atoms with Gasteiger partial charge in [0.05, 0.1) is 34.8 Å². The van der Waals surface area contributed by atoms with Crippen LogP contribution in [-0.2, 0) is 9.22 Å². The van der Waals surface area contributed by atoms with Crippen molar-refractivity contribution in [3.8, 4) is 0 Å². The minimum absolute atomic E-state index is 0.0975. The molecule has 2 unspecified atom stereocenters. The molecule has 1 aromatic rings. The monoisotopic (exact) mass is 552 g/mol. The maximum atomic E-state index is 14.3. The largest absolute Gasteiger partial charge is 0.527 e. The summed E-state index contributed by atoms with van der Waals surface area (Å²) in [4.78, 5) is 14.3. The van der Waals surface area contributed by atoms with Gasteiger partial charge in [0.1, 0.15) is 0 Å². The Bertz CT molecular complexity index is 684. The van der Waals surface area contributed by atoms with Crippen LogP contribution in [0.2, 0.25) is 54.4 Å². The van der Waals surface area contributed by atoms with Gasteiger partial charge in [-0.15, -0.1) is 0 Å². The average Bonchev–Trinajstić information content (AvgIpc) is 2.92. The fraction of sp³-hybridized carbons (Fsp3) is 0.750. The summed E-state index contributed by atoms with van der Waals surface area (Å²) in [6, 6.07) is 20.8. The molecule has 1 N–H and O–H groups in total. The van der Waals surface area contributed by atoms with Gasteiger partial charge >= 0.3 is 0 Å². The Balaban J connectivity index is 3.98. The molecule has 0 aliphatic rings. The van der Waals surface area contributed by atoms with Crippen LogP contribution in [-0.4, -0.2) is 40.7 Å². The van der Waals surface area contributed by atoms with E-state index in [2.05, 4.69) is 62.3 Å². The standard InChI is InChI=1S/C28H56O3Si4/c1-11-32(12-2,13-3)35(33(14-4,15-5)16-6,34(17-7,18-8)19-9)31-28(30)25(10)27(29)26-23-21-20-22-24-26/h20-25,27,29H,11-19H2,1-10H3. The molecule has 0 aliphatic carbocycles. The van der Waals surface area contributed by atoms with Crippen molar-refractivity contribution in [1.29, 1.82) is 0 Å². The van der Waals surface area contributed by atoms with E-state index in [1.54, 1.807) is 0 Å². The molecule has 0 amide bonds. The van der Waals surface area contributed by atoms with E-state index in [4.69, 9.17) is 4.43 Å². The van der Waals surface area contributed by atoms with Gasteiger partial charge in [-0.2, -0.15) is 0 Å². The van der Waals surface area contributed by atoms with E-state index in [0.717, 1.165) is 5.56 Å². The Morgan fingerprint density at radius 1 is 0.686 bits per heavy atom. The Labute approximate surface area is 221 Å². The lowest BCUT2D eigenvalue weighted by Crippen LogP contribution is -2.90. The molecule has 0 fully saturated rings. The van der Waals surface area contributed by atoms with Crippen LogP contribution in [0.3, 0.4) is 0 Å². The van der Waals surface area contributed by atoms with Crippen LogP contribution in [0.15, 0.2) is 30.3 Å². The number of hydrogen-bond acceptors (Lipinski definition) is 3. The van der Waals surface area contributed by atoms with Crippen molar-refractivity contribution in [2.24, 2.45) is 5.92 Å². The quantitative estimate of drug-likeness (QED) is 0.209. The molecular formula is C28H56O3Si4. The zero-order chi connectivity index (χ0) is 26.9. The molecule has 0 heterocycles. The van der Waals surface area contributed by atoms with E-state index in [1.165, 1.54) is 54.4 Å². The summed E-state index contributed by atoms with van der Waals surface area (Å²) in [6.45, 7) is 21.3. The van der Waals surface area contributed by atoms with Crippen molar-refractivity contribution in [2.75, 3.05) is 0 Å². The van der Waals surface area contributed by atoms with Gasteiger partial charge in [0.15, 0.2) is 0 Å². The Morgan fingerprint density at radius 2 is 1.00 bits per heavy atom. The lowest BCUT2D eigenvalue weighted by Gasteiger charge is -2.63. The first-order chi connectivity index (χ1) is 16.6. The number of aliphatic hydroxyl groups excluding tert-OH is 1. The van der Waals surface area contributed by atoms with E-state index in [1.807, 2.05) is 37.3 Å². The zero-order valence-corrected chi connectivity index (χ0v) is 28.7. The van der Waals surface area contributed by atoms with Gasteiger partial charge in [0.2, 0.25) is 6.87 Å². The molecular weight excluding hydrogens is 497 g/mol. The Hall–Kier alpha value is -0.482. The van der Waals surface area contributed by atoms with Gasteiger partial charge in [-0.25, -0.2) is 0 Å². The fourth-order valence-electron chi connectivity index (χ4n) is 7.81. The van der Waals surface area contributed by atoms with Crippen LogP contribution in [0.25, 0.3) is 0 Å². The van der Waals surface area contributed by atoms with Gasteiger partial charge in [-0.1, -0.05) is 147 Å². The van der Waals surface area contributed by atoms with Crippen LogP contribution in [0.1, 0.15) is 80.9 Å². The molecule has 3 nitrogen and oxygen atoms in total. The van der Waals surface area contributed by atoms with Crippen molar-refractivity contribution < 1.29 is 14.3 Å². The summed E-state index contributed by atoms with van der Waals surface area (Å²) >= 11 is 0. The second-order valence-electron chi connectivity index (χ2n) is 10.8. The van der Waals surface area contributed by atoms with Crippen molar-refractivity contribution in [3.63, 3.8) is 0 Å². The minimum Gasteiger partial charge on any atom is -0.527 e. The molecule has 7 heteroatoms. The Morgan fingerprint density at radius 3 is 1.29 bits per heavy atom. The van der Waals surface area contributed by atoms with Gasteiger partial charge in [-0.05, 0) is 12.5 Å². The molecule has 0 aliphatic heterocycles. The average molecular weight is 553 g/mol. The van der Waals surface area contributed by atoms with E-state index in [0.29, 0.717) is 0 Å². The molecule has 35 heavy (non-hydrogen) atoms. The van der Waals surface area contributed by atoms with E-state index >= 15 is 0 Å². The molecule has 0 bridgehead atoms. The molecule has 0 saturated heterocycles. The third-order valence-corrected chi connectivity index (χ3v) is 80.3. The summed E-state index contributed by atoms with van der Waals surface area (Å²) in [5, 5.41) is 11.2. The molecule has 202 valence electrons. The summed E-state index contributed by atoms with van der Waals surface area (Å²) in [6.07, 6.45) is -0.821. The summed E-state index contributed by atoms with van der Waals surface area (Å²) < 4.78 is 7.48. The van der Waals surface area contributed by atoms with Crippen molar-refractivity contribution in [3.05, 3.63) is 35.9 Å². The molecule has 0 radical (unpaired) electrons. The highest BCUT2D eigenvalue weighted by Gasteiger charge is 2.74. The van der Waals surface area contributed by atoms with Gasteiger partial charge < -0.3 is 9.53 Å². The predicted octanol–water partition coefficient (Wildman–Crippen LogP) is 8.61. The van der Waals surface area contributed by atoms with E-state index in [-0.39, 0.29) is 5.97 Å². The van der Waals surface area contributed by atoms with Crippen LogP contribution >= 0.6 is 0 Å². The molecule has 1 aromatic carbocycles. The smallest absolute Gasteiger partial charge is 0.297 e. The molecule has 0 aromatic heterocycles. The number of carbonyl (C=O) groups is 1. The molecule has 0 saturated carbocycles. The zero-order valence-electron chi connectivity index (χ0n) is 24.7. The number of aliphatic hydroxyl groups is 1. The molecule has 0 spiro atoms. The van der Waals surface area contributed by atoms with Crippen molar-refractivity contribution >= 4 is 35.6 Å². The maximum Gasteiger partial charge on any atom is 0.297 e.